The van der Waals surface area contributed by atoms with Crippen molar-refractivity contribution >= 4 is 0 Å². The molecule has 1 aliphatic heterocycles. The van der Waals surface area contributed by atoms with Crippen molar-refractivity contribution in [3.8, 4) is 0 Å². The van der Waals surface area contributed by atoms with Crippen molar-refractivity contribution in [3.05, 3.63) is 17.8 Å². The maximum atomic E-state index is 6.02. The summed E-state index contributed by atoms with van der Waals surface area (Å²) in [5.74, 6) is 1.11. The lowest BCUT2D eigenvalue weighted by Gasteiger charge is -2.19. The van der Waals surface area contributed by atoms with E-state index in [-0.39, 0.29) is 5.54 Å². The molecule has 1 unspecified atom stereocenters. The summed E-state index contributed by atoms with van der Waals surface area (Å²) in [6, 6.07) is 0. The summed E-state index contributed by atoms with van der Waals surface area (Å²) in [4.78, 5) is 4.50. The maximum Gasteiger partial charge on any atom is 0.214 e. The maximum absolute atomic E-state index is 6.02. The summed E-state index contributed by atoms with van der Waals surface area (Å²) in [7, 11) is 0. The molecule has 2 fully saturated rings. The molecule has 2 aliphatic rings. The Kier molecular flexibility index (Phi) is 2.07. The third kappa shape index (κ3) is 1.68. The zero-order valence-corrected chi connectivity index (χ0v) is 8.74. The molecule has 1 atom stereocenters. The molecule has 1 aliphatic carbocycles. The highest BCUT2D eigenvalue weighted by Crippen LogP contribution is 2.42. The molecular formula is C11H16N2O2. The molecule has 0 amide bonds. The summed E-state index contributed by atoms with van der Waals surface area (Å²) in [5, 5.41) is 0. The van der Waals surface area contributed by atoms with Crippen LogP contribution in [0, 0.1) is 0 Å². The summed E-state index contributed by atoms with van der Waals surface area (Å²) >= 11 is 0. The van der Waals surface area contributed by atoms with Crippen LogP contribution in [-0.4, -0.2) is 18.2 Å². The van der Waals surface area contributed by atoms with Crippen LogP contribution in [-0.2, 0) is 10.3 Å². The van der Waals surface area contributed by atoms with Crippen LogP contribution < -0.4 is 5.73 Å². The molecule has 1 aromatic heterocycles. The predicted octanol–water partition coefficient (Wildman–Crippen LogP) is 1.52. The molecule has 2 N–H and O–H groups in total. The largest absolute Gasteiger partial charge is 0.447 e. The molecule has 4 nitrogen and oxygen atoms in total. The zero-order chi connectivity index (χ0) is 10.3. The molecule has 0 spiro atoms. The van der Waals surface area contributed by atoms with Crippen LogP contribution >= 0.6 is 0 Å². The first-order valence-corrected chi connectivity index (χ1v) is 5.60. The Bertz CT molecular complexity index is 351. The van der Waals surface area contributed by atoms with E-state index in [2.05, 4.69) is 4.98 Å². The van der Waals surface area contributed by atoms with Crippen molar-refractivity contribution in [2.24, 2.45) is 5.73 Å². The number of hydrogen-bond acceptors (Lipinski definition) is 4. The fourth-order valence-corrected chi connectivity index (χ4v) is 2.02. The third-order valence-electron chi connectivity index (χ3n) is 3.32. The van der Waals surface area contributed by atoms with Gasteiger partial charge in [0.1, 0.15) is 6.26 Å². The number of rotatable bonds is 2. The number of aromatic nitrogens is 1. The van der Waals surface area contributed by atoms with Gasteiger partial charge in [0.15, 0.2) is 0 Å². The van der Waals surface area contributed by atoms with Gasteiger partial charge < -0.3 is 14.9 Å². The lowest BCUT2D eigenvalue weighted by molar-refractivity contribution is 0.0792. The van der Waals surface area contributed by atoms with Gasteiger partial charge in [-0.2, -0.15) is 0 Å². The summed E-state index contributed by atoms with van der Waals surface area (Å²) in [5.41, 5.74) is 6.78. The normalized spacial score (nSPS) is 29.0. The highest BCUT2D eigenvalue weighted by Gasteiger charge is 2.45. The monoisotopic (exact) mass is 208 g/mol. The van der Waals surface area contributed by atoms with E-state index >= 15 is 0 Å². The van der Waals surface area contributed by atoms with Gasteiger partial charge in [0.2, 0.25) is 5.89 Å². The summed E-state index contributed by atoms with van der Waals surface area (Å²) in [6.07, 6.45) is 5.99. The SMILES string of the molecule is NC1(c2nc(C3CCCOC3)co2)CC1. The van der Waals surface area contributed by atoms with Crippen molar-refractivity contribution in [2.75, 3.05) is 13.2 Å². The topological polar surface area (TPSA) is 61.3 Å². The second-order valence-electron chi connectivity index (χ2n) is 4.65. The summed E-state index contributed by atoms with van der Waals surface area (Å²) < 4.78 is 10.9. The molecule has 0 radical (unpaired) electrons. The van der Waals surface area contributed by atoms with E-state index in [4.69, 9.17) is 14.9 Å². The molecule has 0 aromatic carbocycles. The van der Waals surface area contributed by atoms with Crippen molar-refractivity contribution in [1.29, 1.82) is 0 Å². The first-order chi connectivity index (χ1) is 7.28. The first kappa shape index (κ1) is 9.36. The number of ether oxygens (including phenoxy) is 1. The van der Waals surface area contributed by atoms with E-state index < -0.39 is 0 Å². The highest BCUT2D eigenvalue weighted by atomic mass is 16.5. The second-order valence-corrected chi connectivity index (χ2v) is 4.65. The van der Waals surface area contributed by atoms with Crippen LogP contribution in [0.2, 0.25) is 0 Å². The van der Waals surface area contributed by atoms with E-state index in [1.165, 1.54) is 0 Å². The molecule has 4 heteroatoms. The molecule has 15 heavy (non-hydrogen) atoms. The Morgan fingerprint density at radius 3 is 3.00 bits per heavy atom. The van der Waals surface area contributed by atoms with Crippen molar-refractivity contribution in [2.45, 2.75) is 37.1 Å². The molecule has 1 aromatic rings. The van der Waals surface area contributed by atoms with Gasteiger partial charge in [0.05, 0.1) is 17.8 Å². The lowest BCUT2D eigenvalue weighted by Crippen LogP contribution is -2.20. The molecular weight excluding hydrogens is 192 g/mol. The van der Waals surface area contributed by atoms with Crippen LogP contribution in [0.4, 0.5) is 0 Å². The number of hydrogen-bond donors (Lipinski definition) is 1. The molecule has 82 valence electrons. The fourth-order valence-electron chi connectivity index (χ4n) is 2.02. The van der Waals surface area contributed by atoms with E-state index in [9.17, 15) is 0 Å². The van der Waals surface area contributed by atoms with Gasteiger partial charge in [-0.15, -0.1) is 0 Å². The Hall–Kier alpha value is -0.870. The van der Waals surface area contributed by atoms with Gasteiger partial charge in [-0.1, -0.05) is 0 Å². The molecule has 1 saturated heterocycles. The van der Waals surface area contributed by atoms with Gasteiger partial charge in [0.25, 0.3) is 0 Å². The summed E-state index contributed by atoms with van der Waals surface area (Å²) in [6.45, 7) is 1.64. The molecule has 1 saturated carbocycles. The zero-order valence-electron chi connectivity index (χ0n) is 8.74. The Labute approximate surface area is 88.8 Å². The van der Waals surface area contributed by atoms with Crippen molar-refractivity contribution in [3.63, 3.8) is 0 Å². The van der Waals surface area contributed by atoms with Gasteiger partial charge in [0, 0.05) is 12.5 Å². The first-order valence-electron chi connectivity index (χ1n) is 5.60. The van der Waals surface area contributed by atoms with Gasteiger partial charge in [-0.25, -0.2) is 4.98 Å². The smallest absolute Gasteiger partial charge is 0.214 e. The minimum atomic E-state index is -0.256. The van der Waals surface area contributed by atoms with E-state index in [1.54, 1.807) is 6.26 Å². The van der Waals surface area contributed by atoms with Crippen molar-refractivity contribution in [1.82, 2.24) is 4.98 Å². The van der Waals surface area contributed by atoms with Gasteiger partial charge in [-0.3, -0.25) is 0 Å². The van der Waals surface area contributed by atoms with Crippen LogP contribution in [0.15, 0.2) is 10.7 Å². The Morgan fingerprint density at radius 2 is 2.33 bits per heavy atom. The van der Waals surface area contributed by atoms with Crippen LogP contribution in [0.5, 0.6) is 0 Å². The molecule has 0 bridgehead atoms. The van der Waals surface area contributed by atoms with Crippen LogP contribution in [0.1, 0.15) is 43.2 Å². The molecule has 2 heterocycles. The van der Waals surface area contributed by atoms with Crippen LogP contribution in [0.3, 0.4) is 0 Å². The minimum Gasteiger partial charge on any atom is -0.447 e. The van der Waals surface area contributed by atoms with Crippen molar-refractivity contribution < 1.29 is 9.15 Å². The van der Waals surface area contributed by atoms with E-state index in [1.807, 2.05) is 0 Å². The quantitative estimate of drug-likeness (QED) is 0.800. The van der Waals surface area contributed by atoms with Gasteiger partial charge >= 0.3 is 0 Å². The average molecular weight is 208 g/mol. The van der Waals surface area contributed by atoms with E-state index in [0.29, 0.717) is 11.8 Å². The fraction of sp³-hybridized carbons (Fsp3) is 0.727. The van der Waals surface area contributed by atoms with Crippen LogP contribution in [0.25, 0.3) is 0 Å². The van der Waals surface area contributed by atoms with E-state index in [0.717, 1.165) is 44.6 Å². The van der Waals surface area contributed by atoms with Gasteiger partial charge in [-0.05, 0) is 25.7 Å². The number of oxazole rings is 1. The number of nitrogens with two attached hydrogens (primary N) is 1. The second kappa shape index (κ2) is 3.32. The predicted molar refractivity (Wildman–Crippen MR) is 54.4 cm³/mol. The highest BCUT2D eigenvalue weighted by molar-refractivity contribution is 5.16. The standard InChI is InChI=1S/C11H16N2O2/c12-11(3-4-11)10-13-9(7-15-10)8-2-1-5-14-6-8/h7-8H,1-6,12H2. The number of nitrogens with zero attached hydrogens (tertiary/aromatic N) is 1. The third-order valence-corrected chi connectivity index (χ3v) is 3.32. The molecule has 3 rings (SSSR count). The Balaban J connectivity index is 1.77. The minimum absolute atomic E-state index is 0.256. The average Bonchev–Trinajstić information content (AvgIpc) is 2.85. The lowest BCUT2D eigenvalue weighted by atomic mass is 9.99. The Morgan fingerprint density at radius 1 is 1.47 bits per heavy atom.